The predicted molar refractivity (Wildman–Crippen MR) is 52.6 cm³/mol. The van der Waals surface area contributed by atoms with Crippen molar-refractivity contribution in [1.29, 1.82) is 0 Å². The minimum atomic E-state index is 0. The Labute approximate surface area is 77.5 Å². The van der Waals surface area contributed by atoms with Crippen molar-refractivity contribution < 1.29 is 5.11 Å². The van der Waals surface area contributed by atoms with Crippen LogP contribution < -0.4 is 0 Å². The fourth-order valence-electron chi connectivity index (χ4n) is 0.937. The van der Waals surface area contributed by atoms with E-state index in [1.807, 2.05) is 12.1 Å². The van der Waals surface area contributed by atoms with Gasteiger partial charge in [0, 0.05) is 11.5 Å². The third-order valence-electron chi connectivity index (χ3n) is 1.54. The van der Waals surface area contributed by atoms with Gasteiger partial charge in [0.2, 0.25) is 0 Å². The van der Waals surface area contributed by atoms with Crippen molar-refractivity contribution in [1.82, 2.24) is 0 Å². The molecule has 0 radical (unpaired) electrons. The molecule has 0 aliphatic rings. The van der Waals surface area contributed by atoms with Gasteiger partial charge in [-0.25, -0.2) is 0 Å². The number of aromatic hydroxyl groups is 1. The number of azide groups is 1. The van der Waals surface area contributed by atoms with E-state index in [4.69, 9.17) is 5.53 Å². The molecule has 0 bridgehead atoms. The van der Waals surface area contributed by atoms with Crippen LogP contribution >= 0.6 is 0 Å². The Bertz CT molecular complexity index is 305. The molecule has 1 N–H and O–H groups in total. The molecule has 0 saturated heterocycles. The molecule has 70 valence electrons. The van der Waals surface area contributed by atoms with Crippen molar-refractivity contribution in [3.63, 3.8) is 0 Å². The number of hydrogen-bond donors (Lipinski definition) is 1. The predicted octanol–water partition coefficient (Wildman–Crippen LogP) is 2.88. The molecule has 0 aliphatic carbocycles. The highest BCUT2D eigenvalue weighted by Crippen LogP contribution is 2.15. The molecular formula is C9H13N3O. The Balaban J connectivity index is 0.00000144. The summed E-state index contributed by atoms with van der Waals surface area (Å²) in [5.41, 5.74) is 8.82. The van der Waals surface area contributed by atoms with E-state index in [2.05, 4.69) is 10.0 Å². The van der Waals surface area contributed by atoms with Gasteiger partial charge in [-0.15, -0.1) is 0 Å². The molecule has 0 amide bonds. The van der Waals surface area contributed by atoms with Crippen molar-refractivity contribution >= 4 is 0 Å². The summed E-state index contributed by atoms with van der Waals surface area (Å²) in [4.78, 5) is 2.62. The van der Waals surface area contributed by atoms with E-state index in [-0.39, 0.29) is 13.2 Å². The third kappa shape index (κ3) is 3.49. The molecule has 0 heterocycles. The molecule has 4 heteroatoms. The van der Waals surface area contributed by atoms with Crippen LogP contribution in [0.1, 0.15) is 13.0 Å². The lowest BCUT2D eigenvalue weighted by atomic mass is 10.1. The summed E-state index contributed by atoms with van der Waals surface area (Å²) >= 11 is 0. The van der Waals surface area contributed by atoms with Gasteiger partial charge in [0.05, 0.1) is 0 Å². The van der Waals surface area contributed by atoms with Crippen LogP contribution in [0.4, 0.5) is 0 Å². The van der Waals surface area contributed by atoms with E-state index in [0.717, 1.165) is 5.56 Å². The average molecular weight is 179 g/mol. The summed E-state index contributed by atoms with van der Waals surface area (Å²) < 4.78 is 0. The lowest BCUT2D eigenvalue weighted by Gasteiger charge is -1.99. The van der Waals surface area contributed by atoms with Crippen molar-refractivity contribution in [2.45, 2.75) is 13.8 Å². The summed E-state index contributed by atoms with van der Waals surface area (Å²) in [5.74, 6) is 0.255. The summed E-state index contributed by atoms with van der Waals surface area (Å²) in [5, 5.41) is 12.7. The van der Waals surface area contributed by atoms with Crippen LogP contribution in [0.15, 0.2) is 29.4 Å². The Hall–Kier alpha value is -1.67. The summed E-state index contributed by atoms with van der Waals surface area (Å²) in [6.45, 7) is 0.383. The lowest BCUT2D eigenvalue weighted by molar-refractivity contribution is 0.468. The molecule has 13 heavy (non-hydrogen) atoms. The number of phenolic OH excluding ortho intramolecular Hbond substituents is 1. The minimum absolute atomic E-state index is 0. The molecule has 4 nitrogen and oxygen atoms in total. The molecule has 0 aromatic heterocycles. The monoisotopic (exact) mass is 179 g/mol. The van der Waals surface area contributed by atoms with Crippen molar-refractivity contribution in [3.05, 3.63) is 40.3 Å². The fraction of sp³-hybridized carbons (Fsp3) is 0.333. The standard InChI is InChI=1S/C8H9N3O.CH4/c9-11-10-6-5-7-3-1-2-4-8(7)12;/h1-4,12H,5-6H2;1H4. The van der Waals surface area contributed by atoms with Crippen molar-refractivity contribution in [2.75, 3.05) is 6.54 Å². The minimum Gasteiger partial charge on any atom is -0.508 e. The van der Waals surface area contributed by atoms with Crippen LogP contribution in [-0.2, 0) is 6.42 Å². The zero-order valence-electron chi connectivity index (χ0n) is 6.51. The lowest BCUT2D eigenvalue weighted by Crippen LogP contribution is -1.88. The van der Waals surface area contributed by atoms with Gasteiger partial charge in [0.15, 0.2) is 0 Å². The molecule has 0 spiro atoms. The molecule has 0 aliphatic heterocycles. The molecular weight excluding hydrogens is 166 g/mol. The summed E-state index contributed by atoms with van der Waals surface area (Å²) in [6, 6.07) is 7.02. The average Bonchev–Trinajstić information content (AvgIpc) is 2.09. The zero-order valence-corrected chi connectivity index (χ0v) is 6.51. The molecule has 0 saturated carbocycles. The molecule has 0 unspecified atom stereocenters. The molecule has 0 atom stereocenters. The first-order valence-electron chi connectivity index (χ1n) is 3.62. The third-order valence-corrected chi connectivity index (χ3v) is 1.54. The van der Waals surface area contributed by atoms with E-state index in [0.29, 0.717) is 13.0 Å². The second kappa shape index (κ2) is 5.91. The van der Waals surface area contributed by atoms with E-state index < -0.39 is 0 Å². The maximum Gasteiger partial charge on any atom is 0.118 e. The first-order chi connectivity index (χ1) is 5.84. The van der Waals surface area contributed by atoms with Gasteiger partial charge in [0.25, 0.3) is 0 Å². The summed E-state index contributed by atoms with van der Waals surface area (Å²) in [6.07, 6.45) is 0.580. The van der Waals surface area contributed by atoms with E-state index in [1.54, 1.807) is 12.1 Å². The number of rotatable bonds is 3. The number of hydrogen-bond acceptors (Lipinski definition) is 2. The second-order valence-electron chi connectivity index (χ2n) is 2.33. The quantitative estimate of drug-likeness (QED) is 0.432. The van der Waals surface area contributed by atoms with Crippen molar-refractivity contribution in [2.24, 2.45) is 5.11 Å². The molecule has 1 aromatic rings. The van der Waals surface area contributed by atoms with Crippen LogP contribution in [0.2, 0.25) is 0 Å². The topological polar surface area (TPSA) is 69.0 Å². The number of benzene rings is 1. The Morgan fingerprint density at radius 2 is 2.08 bits per heavy atom. The van der Waals surface area contributed by atoms with Crippen LogP contribution in [0.3, 0.4) is 0 Å². The highest BCUT2D eigenvalue weighted by atomic mass is 16.3. The molecule has 1 aromatic carbocycles. The van der Waals surface area contributed by atoms with Gasteiger partial charge in [-0.3, -0.25) is 0 Å². The first-order valence-corrected chi connectivity index (χ1v) is 3.62. The second-order valence-corrected chi connectivity index (χ2v) is 2.33. The molecule has 1 rings (SSSR count). The Morgan fingerprint density at radius 3 is 2.69 bits per heavy atom. The highest BCUT2D eigenvalue weighted by molar-refractivity contribution is 5.31. The van der Waals surface area contributed by atoms with Gasteiger partial charge in [-0.05, 0) is 23.6 Å². The normalized spacial score (nSPS) is 8.31. The zero-order chi connectivity index (χ0) is 8.81. The van der Waals surface area contributed by atoms with Gasteiger partial charge in [-0.2, -0.15) is 0 Å². The number of phenols is 1. The Morgan fingerprint density at radius 1 is 1.38 bits per heavy atom. The highest BCUT2D eigenvalue weighted by Gasteiger charge is 1.96. The van der Waals surface area contributed by atoms with E-state index in [1.165, 1.54) is 0 Å². The van der Waals surface area contributed by atoms with Crippen molar-refractivity contribution in [3.8, 4) is 5.75 Å². The Kier molecular flexibility index (Phi) is 5.15. The van der Waals surface area contributed by atoms with Gasteiger partial charge >= 0.3 is 0 Å². The summed E-state index contributed by atoms with van der Waals surface area (Å²) in [7, 11) is 0. The first kappa shape index (κ1) is 11.3. The van der Waals surface area contributed by atoms with Crippen LogP contribution in [0.5, 0.6) is 5.75 Å². The largest absolute Gasteiger partial charge is 0.508 e. The van der Waals surface area contributed by atoms with Gasteiger partial charge in [0.1, 0.15) is 5.75 Å². The fourth-order valence-corrected chi connectivity index (χ4v) is 0.937. The van der Waals surface area contributed by atoms with Crippen LogP contribution in [-0.4, -0.2) is 11.7 Å². The van der Waals surface area contributed by atoms with Gasteiger partial charge in [-0.1, -0.05) is 30.7 Å². The van der Waals surface area contributed by atoms with Crippen LogP contribution in [0, 0.1) is 0 Å². The van der Waals surface area contributed by atoms with E-state index >= 15 is 0 Å². The van der Waals surface area contributed by atoms with E-state index in [9.17, 15) is 5.11 Å². The number of nitrogens with zero attached hydrogens (tertiary/aromatic N) is 3. The number of para-hydroxylation sites is 1. The smallest absolute Gasteiger partial charge is 0.118 e. The van der Waals surface area contributed by atoms with Crippen LogP contribution in [0.25, 0.3) is 10.4 Å². The maximum atomic E-state index is 9.28. The maximum absolute atomic E-state index is 9.28. The SMILES string of the molecule is C.[N-]=[N+]=NCCc1ccccc1O. The van der Waals surface area contributed by atoms with Gasteiger partial charge < -0.3 is 5.11 Å². The molecule has 0 fully saturated rings.